The van der Waals surface area contributed by atoms with E-state index in [4.69, 9.17) is 5.73 Å². The minimum atomic E-state index is -3.44. The molecule has 0 spiro atoms. The van der Waals surface area contributed by atoms with E-state index in [-0.39, 0.29) is 4.90 Å². The highest BCUT2D eigenvalue weighted by Gasteiger charge is 2.21. The standard InChI is InChI=1S/C12H18N2O2S/c1-3-8-14(4-2)17(15,16)12-7-5-6-11(9-12)10-13/h3,5-7,9H,1,4,8,10,13H2,2H3. The van der Waals surface area contributed by atoms with Crippen LogP contribution in [0.15, 0.2) is 41.8 Å². The van der Waals surface area contributed by atoms with Crippen molar-refractivity contribution in [2.45, 2.75) is 18.4 Å². The predicted octanol–water partition coefficient (Wildman–Crippen LogP) is 1.34. The van der Waals surface area contributed by atoms with Crippen LogP contribution in [0.3, 0.4) is 0 Å². The molecule has 0 bridgehead atoms. The van der Waals surface area contributed by atoms with Gasteiger partial charge in [0.15, 0.2) is 0 Å². The van der Waals surface area contributed by atoms with Crippen molar-refractivity contribution >= 4 is 10.0 Å². The predicted molar refractivity (Wildman–Crippen MR) is 69.0 cm³/mol. The van der Waals surface area contributed by atoms with Gasteiger partial charge in [0.1, 0.15) is 0 Å². The van der Waals surface area contributed by atoms with Gasteiger partial charge in [0.2, 0.25) is 10.0 Å². The van der Waals surface area contributed by atoms with E-state index in [1.807, 2.05) is 6.07 Å². The van der Waals surface area contributed by atoms with Gasteiger partial charge in [-0.1, -0.05) is 25.1 Å². The van der Waals surface area contributed by atoms with Gasteiger partial charge in [-0.05, 0) is 17.7 Å². The lowest BCUT2D eigenvalue weighted by Crippen LogP contribution is -2.31. The highest BCUT2D eigenvalue weighted by molar-refractivity contribution is 7.89. The molecule has 2 N–H and O–H groups in total. The third kappa shape index (κ3) is 3.15. The molecule has 0 aliphatic rings. The Bertz CT molecular complexity index is 483. The molecule has 1 aromatic rings. The molecule has 17 heavy (non-hydrogen) atoms. The van der Waals surface area contributed by atoms with Crippen molar-refractivity contribution in [1.82, 2.24) is 4.31 Å². The minimum Gasteiger partial charge on any atom is -0.326 e. The second-order valence-electron chi connectivity index (χ2n) is 3.60. The van der Waals surface area contributed by atoms with Crippen LogP contribution < -0.4 is 5.73 Å². The summed E-state index contributed by atoms with van der Waals surface area (Å²) in [6.45, 7) is 6.42. The first-order chi connectivity index (χ1) is 8.06. The van der Waals surface area contributed by atoms with Gasteiger partial charge in [-0.3, -0.25) is 0 Å². The van der Waals surface area contributed by atoms with Crippen LogP contribution in [-0.4, -0.2) is 25.8 Å². The van der Waals surface area contributed by atoms with Crippen molar-refractivity contribution in [1.29, 1.82) is 0 Å². The van der Waals surface area contributed by atoms with Crippen LogP contribution in [0.25, 0.3) is 0 Å². The molecule has 4 nitrogen and oxygen atoms in total. The highest BCUT2D eigenvalue weighted by Crippen LogP contribution is 2.16. The monoisotopic (exact) mass is 254 g/mol. The topological polar surface area (TPSA) is 63.4 Å². The van der Waals surface area contributed by atoms with Crippen LogP contribution in [0.4, 0.5) is 0 Å². The summed E-state index contributed by atoms with van der Waals surface area (Å²) in [5.41, 5.74) is 6.31. The number of sulfonamides is 1. The van der Waals surface area contributed by atoms with Crippen molar-refractivity contribution in [3.63, 3.8) is 0 Å². The number of nitrogens with two attached hydrogens (primary N) is 1. The number of benzene rings is 1. The van der Waals surface area contributed by atoms with Crippen molar-refractivity contribution < 1.29 is 8.42 Å². The summed E-state index contributed by atoms with van der Waals surface area (Å²) in [5, 5.41) is 0. The summed E-state index contributed by atoms with van der Waals surface area (Å²) in [6, 6.07) is 6.71. The molecule has 0 saturated heterocycles. The molecule has 5 heteroatoms. The molecule has 1 rings (SSSR count). The van der Waals surface area contributed by atoms with E-state index in [9.17, 15) is 8.42 Å². The zero-order chi connectivity index (χ0) is 12.9. The first-order valence-corrected chi connectivity index (χ1v) is 6.90. The first kappa shape index (κ1) is 13.9. The Hall–Kier alpha value is -1.17. The molecule has 0 aliphatic heterocycles. The number of rotatable bonds is 6. The maximum absolute atomic E-state index is 12.3. The van der Waals surface area contributed by atoms with Gasteiger partial charge in [0.05, 0.1) is 4.90 Å². The fraction of sp³-hybridized carbons (Fsp3) is 0.333. The van der Waals surface area contributed by atoms with Crippen LogP contribution in [-0.2, 0) is 16.6 Å². The van der Waals surface area contributed by atoms with E-state index in [0.717, 1.165) is 5.56 Å². The van der Waals surface area contributed by atoms with Crippen molar-refractivity contribution in [3.8, 4) is 0 Å². The Morgan fingerprint density at radius 3 is 2.71 bits per heavy atom. The fourth-order valence-electron chi connectivity index (χ4n) is 1.52. The Balaban J connectivity index is 3.14. The average Bonchev–Trinajstić information content (AvgIpc) is 2.35. The zero-order valence-electron chi connectivity index (χ0n) is 9.96. The normalized spacial score (nSPS) is 11.7. The average molecular weight is 254 g/mol. The molecule has 94 valence electrons. The largest absolute Gasteiger partial charge is 0.326 e. The zero-order valence-corrected chi connectivity index (χ0v) is 10.8. The molecule has 0 saturated carbocycles. The molecule has 0 amide bonds. The van der Waals surface area contributed by atoms with Crippen LogP contribution in [0.2, 0.25) is 0 Å². The Morgan fingerprint density at radius 1 is 1.47 bits per heavy atom. The maximum Gasteiger partial charge on any atom is 0.243 e. The van der Waals surface area contributed by atoms with Gasteiger partial charge >= 0.3 is 0 Å². The quantitative estimate of drug-likeness (QED) is 0.779. The van der Waals surface area contributed by atoms with Gasteiger partial charge in [-0.25, -0.2) is 8.42 Å². The van der Waals surface area contributed by atoms with Crippen LogP contribution in [0.1, 0.15) is 12.5 Å². The molecule has 0 atom stereocenters. The van der Waals surface area contributed by atoms with Gasteiger partial charge in [-0.2, -0.15) is 4.31 Å². The van der Waals surface area contributed by atoms with E-state index in [1.165, 1.54) is 4.31 Å². The smallest absolute Gasteiger partial charge is 0.243 e. The van der Waals surface area contributed by atoms with Gasteiger partial charge in [0.25, 0.3) is 0 Å². The maximum atomic E-state index is 12.3. The molecule has 0 fully saturated rings. The molecule has 0 radical (unpaired) electrons. The SMILES string of the molecule is C=CCN(CC)S(=O)(=O)c1cccc(CN)c1. The van der Waals surface area contributed by atoms with Crippen molar-refractivity contribution in [2.75, 3.05) is 13.1 Å². The lowest BCUT2D eigenvalue weighted by Gasteiger charge is -2.19. The van der Waals surface area contributed by atoms with Crippen LogP contribution >= 0.6 is 0 Å². The second-order valence-corrected chi connectivity index (χ2v) is 5.53. The second kappa shape index (κ2) is 5.95. The lowest BCUT2D eigenvalue weighted by atomic mass is 10.2. The highest BCUT2D eigenvalue weighted by atomic mass is 32.2. The van der Waals surface area contributed by atoms with Gasteiger partial charge < -0.3 is 5.73 Å². The van der Waals surface area contributed by atoms with Crippen LogP contribution in [0.5, 0.6) is 0 Å². The van der Waals surface area contributed by atoms with E-state index < -0.39 is 10.0 Å². The van der Waals surface area contributed by atoms with Crippen molar-refractivity contribution in [3.05, 3.63) is 42.5 Å². The first-order valence-electron chi connectivity index (χ1n) is 5.46. The Labute approximate surface area is 103 Å². The van der Waals surface area contributed by atoms with E-state index in [0.29, 0.717) is 19.6 Å². The number of hydrogen-bond acceptors (Lipinski definition) is 3. The molecular formula is C12H18N2O2S. The summed E-state index contributed by atoms with van der Waals surface area (Å²) < 4.78 is 25.9. The number of likely N-dealkylation sites (N-methyl/N-ethyl adjacent to an activating group) is 1. The Kier molecular flexibility index (Phi) is 4.86. The molecule has 0 aliphatic carbocycles. The number of nitrogens with zero attached hydrogens (tertiary/aromatic N) is 1. The molecular weight excluding hydrogens is 236 g/mol. The van der Waals surface area contributed by atoms with Gasteiger partial charge in [0, 0.05) is 19.6 Å². The minimum absolute atomic E-state index is 0.282. The third-order valence-corrected chi connectivity index (χ3v) is 4.39. The molecule has 0 heterocycles. The third-order valence-electron chi connectivity index (χ3n) is 2.46. The summed E-state index contributed by atoms with van der Waals surface area (Å²) in [4.78, 5) is 0.282. The van der Waals surface area contributed by atoms with E-state index in [2.05, 4.69) is 6.58 Å². The summed E-state index contributed by atoms with van der Waals surface area (Å²) in [7, 11) is -3.44. The molecule has 0 aromatic heterocycles. The summed E-state index contributed by atoms with van der Waals surface area (Å²) in [6.07, 6.45) is 1.58. The lowest BCUT2D eigenvalue weighted by molar-refractivity contribution is 0.460. The van der Waals surface area contributed by atoms with Gasteiger partial charge in [-0.15, -0.1) is 6.58 Å². The van der Waals surface area contributed by atoms with Crippen LogP contribution in [0, 0.1) is 0 Å². The Morgan fingerprint density at radius 2 is 2.18 bits per heavy atom. The van der Waals surface area contributed by atoms with E-state index in [1.54, 1.807) is 31.2 Å². The molecule has 0 unspecified atom stereocenters. The summed E-state index contributed by atoms with van der Waals surface area (Å²) in [5.74, 6) is 0. The fourth-order valence-corrected chi connectivity index (χ4v) is 3.01. The number of hydrogen-bond donors (Lipinski definition) is 1. The van der Waals surface area contributed by atoms with Crippen molar-refractivity contribution in [2.24, 2.45) is 5.73 Å². The van der Waals surface area contributed by atoms with E-state index >= 15 is 0 Å². The molecule has 1 aromatic carbocycles. The summed E-state index contributed by atoms with van der Waals surface area (Å²) >= 11 is 0.